The largest absolute Gasteiger partial charge is 0.469 e. The SMILES string of the molecule is COC(=O)CCc1ccc(C(F)(F)F)cc1Cl. The van der Waals surface area contributed by atoms with Gasteiger partial charge in [-0.2, -0.15) is 13.2 Å². The Kier molecular flexibility index (Phi) is 4.40. The van der Waals surface area contributed by atoms with Gasteiger partial charge in [0.05, 0.1) is 12.7 Å². The van der Waals surface area contributed by atoms with Crippen molar-refractivity contribution < 1.29 is 22.7 Å². The number of ether oxygens (including phenoxy) is 1. The van der Waals surface area contributed by atoms with Crippen molar-refractivity contribution in [2.75, 3.05) is 7.11 Å². The highest BCUT2D eigenvalue weighted by Crippen LogP contribution is 2.32. The summed E-state index contributed by atoms with van der Waals surface area (Å²) in [6, 6.07) is 3.07. The smallest absolute Gasteiger partial charge is 0.416 e. The van der Waals surface area contributed by atoms with Gasteiger partial charge < -0.3 is 4.74 Å². The van der Waals surface area contributed by atoms with Gasteiger partial charge in [-0.1, -0.05) is 17.7 Å². The Morgan fingerprint density at radius 3 is 2.53 bits per heavy atom. The molecular weight excluding hydrogens is 257 g/mol. The second-order valence-electron chi connectivity index (χ2n) is 3.38. The minimum Gasteiger partial charge on any atom is -0.469 e. The molecule has 0 spiro atoms. The average Bonchev–Trinajstić information content (AvgIpc) is 2.25. The third kappa shape index (κ3) is 3.93. The third-order valence-corrected chi connectivity index (χ3v) is 2.56. The van der Waals surface area contributed by atoms with Crippen LogP contribution in [0.15, 0.2) is 18.2 Å². The zero-order valence-electron chi connectivity index (χ0n) is 8.97. The van der Waals surface area contributed by atoms with Crippen LogP contribution >= 0.6 is 11.6 Å². The molecule has 6 heteroatoms. The van der Waals surface area contributed by atoms with Crippen LogP contribution in [0.4, 0.5) is 13.2 Å². The van der Waals surface area contributed by atoms with Gasteiger partial charge in [0.2, 0.25) is 0 Å². The second kappa shape index (κ2) is 5.40. The van der Waals surface area contributed by atoms with Gasteiger partial charge >= 0.3 is 12.1 Å². The van der Waals surface area contributed by atoms with Crippen molar-refractivity contribution in [3.05, 3.63) is 34.3 Å². The fraction of sp³-hybridized carbons (Fsp3) is 0.364. The first-order valence-corrected chi connectivity index (χ1v) is 5.15. The van der Waals surface area contributed by atoms with Crippen molar-refractivity contribution >= 4 is 17.6 Å². The maximum Gasteiger partial charge on any atom is 0.416 e. The summed E-state index contributed by atoms with van der Waals surface area (Å²) in [6.07, 6.45) is -4.07. The molecule has 0 N–H and O–H groups in total. The summed E-state index contributed by atoms with van der Waals surface area (Å²) >= 11 is 5.71. The van der Waals surface area contributed by atoms with Gasteiger partial charge in [0.25, 0.3) is 0 Å². The molecule has 0 fully saturated rings. The topological polar surface area (TPSA) is 26.3 Å². The molecule has 2 nitrogen and oxygen atoms in total. The predicted molar refractivity (Wildman–Crippen MR) is 56.8 cm³/mol. The van der Waals surface area contributed by atoms with E-state index < -0.39 is 17.7 Å². The van der Waals surface area contributed by atoms with Gasteiger partial charge in [-0.25, -0.2) is 0 Å². The van der Waals surface area contributed by atoms with E-state index in [1.54, 1.807) is 0 Å². The van der Waals surface area contributed by atoms with Crippen molar-refractivity contribution in [3.8, 4) is 0 Å². The van der Waals surface area contributed by atoms with Crippen LogP contribution in [0.1, 0.15) is 17.5 Å². The van der Waals surface area contributed by atoms with Crippen molar-refractivity contribution in [3.63, 3.8) is 0 Å². The number of alkyl halides is 3. The average molecular weight is 267 g/mol. The summed E-state index contributed by atoms with van der Waals surface area (Å²) < 4.78 is 41.4. The molecule has 17 heavy (non-hydrogen) atoms. The summed E-state index contributed by atoms with van der Waals surface area (Å²) in [5.74, 6) is -0.430. The lowest BCUT2D eigenvalue weighted by atomic mass is 10.1. The molecular formula is C11H10ClF3O2. The van der Waals surface area contributed by atoms with E-state index in [-0.39, 0.29) is 17.9 Å². The first-order chi connectivity index (χ1) is 7.84. The van der Waals surface area contributed by atoms with Crippen LogP contribution < -0.4 is 0 Å². The zero-order chi connectivity index (χ0) is 13.1. The standard InChI is InChI=1S/C11H10ClF3O2/c1-17-10(16)5-3-7-2-4-8(6-9(7)12)11(13,14)15/h2,4,6H,3,5H2,1H3. The molecule has 1 rings (SSSR count). The van der Waals surface area contributed by atoms with Gasteiger partial charge in [0, 0.05) is 11.4 Å². The molecule has 0 saturated carbocycles. The molecule has 0 aliphatic rings. The Morgan fingerprint density at radius 2 is 2.06 bits per heavy atom. The Morgan fingerprint density at radius 1 is 1.41 bits per heavy atom. The Hall–Kier alpha value is -1.23. The molecule has 1 aromatic rings. The highest BCUT2D eigenvalue weighted by Gasteiger charge is 2.30. The number of carbonyl (C=O) groups is 1. The van der Waals surface area contributed by atoms with Crippen LogP contribution in [0.3, 0.4) is 0 Å². The lowest BCUT2D eigenvalue weighted by molar-refractivity contribution is -0.140. The van der Waals surface area contributed by atoms with Gasteiger partial charge in [-0.3, -0.25) is 4.79 Å². The van der Waals surface area contributed by atoms with Gasteiger partial charge in [0.1, 0.15) is 0 Å². The molecule has 0 amide bonds. The molecule has 0 radical (unpaired) electrons. The number of methoxy groups -OCH3 is 1. The van der Waals surface area contributed by atoms with Crippen molar-refractivity contribution in [2.24, 2.45) is 0 Å². The van der Waals surface area contributed by atoms with Crippen molar-refractivity contribution in [2.45, 2.75) is 19.0 Å². The quantitative estimate of drug-likeness (QED) is 0.783. The summed E-state index contributed by atoms with van der Waals surface area (Å²) in [5, 5.41) is 0.00345. The van der Waals surface area contributed by atoms with E-state index in [1.807, 2.05) is 0 Å². The number of hydrogen-bond acceptors (Lipinski definition) is 2. The monoisotopic (exact) mass is 266 g/mol. The number of benzene rings is 1. The zero-order valence-corrected chi connectivity index (χ0v) is 9.73. The van der Waals surface area contributed by atoms with E-state index in [0.29, 0.717) is 5.56 Å². The highest BCUT2D eigenvalue weighted by atomic mass is 35.5. The fourth-order valence-corrected chi connectivity index (χ4v) is 1.54. The van der Waals surface area contributed by atoms with Gasteiger partial charge in [0.15, 0.2) is 0 Å². The fourth-order valence-electron chi connectivity index (χ4n) is 1.27. The number of rotatable bonds is 3. The van der Waals surface area contributed by atoms with E-state index in [1.165, 1.54) is 13.2 Å². The Balaban J connectivity index is 2.80. The molecule has 0 unspecified atom stereocenters. The lowest BCUT2D eigenvalue weighted by Crippen LogP contribution is -2.06. The van der Waals surface area contributed by atoms with E-state index in [0.717, 1.165) is 12.1 Å². The first-order valence-electron chi connectivity index (χ1n) is 4.77. The number of halogens is 4. The highest BCUT2D eigenvalue weighted by molar-refractivity contribution is 6.31. The molecule has 0 aliphatic carbocycles. The number of aryl methyl sites for hydroxylation is 1. The van der Waals surface area contributed by atoms with Crippen molar-refractivity contribution in [1.82, 2.24) is 0 Å². The summed E-state index contributed by atoms with van der Waals surface area (Å²) in [4.78, 5) is 10.9. The van der Waals surface area contributed by atoms with E-state index in [4.69, 9.17) is 11.6 Å². The van der Waals surface area contributed by atoms with Gasteiger partial charge in [-0.05, 0) is 24.1 Å². The molecule has 0 aliphatic heterocycles. The summed E-state index contributed by atoms with van der Waals surface area (Å²) in [6.45, 7) is 0. The maximum absolute atomic E-state index is 12.3. The van der Waals surface area contributed by atoms with Crippen LogP contribution in [0.2, 0.25) is 5.02 Å². The maximum atomic E-state index is 12.3. The Bertz CT molecular complexity index is 416. The minimum absolute atomic E-state index is 0.00345. The number of hydrogen-bond donors (Lipinski definition) is 0. The van der Waals surface area contributed by atoms with Crippen LogP contribution in [-0.4, -0.2) is 13.1 Å². The molecule has 0 bridgehead atoms. The van der Waals surface area contributed by atoms with Crippen LogP contribution in [0.25, 0.3) is 0 Å². The van der Waals surface area contributed by atoms with E-state index >= 15 is 0 Å². The molecule has 0 heterocycles. The molecule has 0 atom stereocenters. The predicted octanol–water partition coefficient (Wildman–Crippen LogP) is 3.46. The Labute approximate surface area is 101 Å². The normalized spacial score (nSPS) is 11.4. The van der Waals surface area contributed by atoms with Crippen molar-refractivity contribution in [1.29, 1.82) is 0 Å². The molecule has 1 aromatic carbocycles. The summed E-state index contributed by atoms with van der Waals surface area (Å²) in [7, 11) is 1.25. The van der Waals surface area contributed by atoms with Crippen LogP contribution in [0.5, 0.6) is 0 Å². The van der Waals surface area contributed by atoms with Gasteiger partial charge in [-0.15, -0.1) is 0 Å². The molecule has 0 saturated heterocycles. The second-order valence-corrected chi connectivity index (χ2v) is 3.79. The third-order valence-electron chi connectivity index (χ3n) is 2.21. The van der Waals surface area contributed by atoms with E-state index in [2.05, 4.69) is 4.74 Å². The first kappa shape index (κ1) is 13.8. The molecule has 94 valence electrons. The molecule has 0 aromatic heterocycles. The van der Waals surface area contributed by atoms with E-state index in [9.17, 15) is 18.0 Å². The number of esters is 1. The van der Waals surface area contributed by atoms with Crippen LogP contribution in [0, 0.1) is 0 Å². The summed E-state index contributed by atoms with van der Waals surface area (Å²) in [5.41, 5.74) is -0.311. The van der Waals surface area contributed by atoms with Crippen LogP contribution in [-0.2, 0) is 22.1 Å². The number of carbonyl (C=O) groups excluding carboxylic acids is 1. The lowest BCUT2D eigenvalue weighted by Gasteiger charge is -2.09. The minimum atomic E-state index is -4.41.